The van der Waals surface area contributed by atoms with Crippen LogP contribution in [0.5, 0.6) is 0 Å². The first kappa shape index (κ1) is 10.6. The summed E-state index contributed by atoms with van der Waals surface area (Å²) < 4.78 is 0. The molecule has 3 heteroatoms. The van der Waals surface area contributed by atoms with E-state index in [-0.39, 0.29) is 0 Å². The van der Waals surface area contributed by atoms with Gasteiger partial charge in [-0.25, -0.2) is 0 Å². The lowest BCUT2D eigenvalue weighted by Gasteiger charge is -2.23. The van der Waals surface area contributed by atoms with E-state index in [4.69, 9.17) is 0 Å². The molecule has 0 atom stereocenters. The monoisotopic (exact) mass is 191 g/mol. The van der Waals surface area contributed by atoms with Crippen LogP contribution in [0.2, 0.25) is 0 Å². The minimum atomic E-state index is 0.598. The maximum absolute atomic E-state index is 10.7. The molecular formula is C11H15N2O. The van der Waals surface area contributed by atoms with Gasteiger partial charge in [-0.1, -0.05) is 6.07 Å². The van der Waals surface area contributed by atoms with E-state index in [0.717, 1.165) is 11.4 Å². The Hall–Kier alpha value is -1.51. The van der Waals surface area contributed by atoms with Crippen LogP contribution >= 0.6 is 0 Å². The molecule has 0 fully saturated rings. The Balaban J connectivity index is 3.35. The van der Waals surface area contributed by atoms with Gasteiger partial charge in [0, 0.05) is 28.2 Å². The Bertz CT molecular complexity index is 332. The van der Waals surface area contributed by atoms with Crippen molar-refractivity contribution in [1.82, 2.24) is 0 Å². The minimum absolute atomic E-state index is 0.598. The van der Waals surface area contributed by atoms with Crippen molar-refractivity contribution in [3.63, 3.8) is 0 Å². The molecule has 0 aliphatic rings. The molecule has 0 aromatic heterocycles. The molecule has 75 valence electrons. The van der Waals surface area contributed by atoms with Crippen LogP contribution in [0.3, 0.4) is 0 Å². The van der Waals surface area contributed by atoms with Gasteiger partial charge in [0.15, 0.2) is 0 Å². The smallest absolute Gasteiger partial charge is 0.235 e. The first-order valence-corrected chi connectivity index (χ1v) is 4.43. The van der Waals surface area contributed by atoms with E-state index in [2.05, 4.69) is 0 Å². The minimum Gasteiger partial charge on any atom is -0.376 e. The normalized spacial score (nSPS) is 9.71. The maximum atomic E-state index is 10.7. The second kappa shape index (κ2) is 4.13. The number of hydrogen-bond donors (Lipinski definition) is 0. The quantitative estimate of drug-likeness (QED) is 0.719. The molecule has 0 aliphatic carbocycles. The standard InChI is InChI=1S/C11H15N2O/c1-12(2)10-7-5-6-9(8-14)11(10)13(3)4/h5-7H,1-4H3. The summed E-state index contributed by atoms with van der Waals surface area (Å²) >= 11 is 0. The van der Waals surface area contributed by atoms with E-state index in [0.29, 0.717) is 5.56 Å². The van der Waals surface area contributed by atoms with Gasteiger partial charge in [0.1, 0.15) is 0 Å². The molecule has 0 spiro atoms. The summed E-state index contributed by atoms with van der Waals surface area (Å²) in [5, 5.41) is 0. The van der Waals surface area contributed by atoms with E-state index in [9.17, 15) is 4.79 Å². The lowest BCUT2D eigenvalue weighted by atomic mass is 10.1. The zero-order valence-electron chi connectivity index (χ0n) is 9.03. The number of rotatable bonds is 3. The van der Waals surface area contributed by atoms with Gasteiger partial charge in [0.2, 0.25) is 6.29 Å². The van der Waals surface area contributed by atoms with E-state index < -0.39 is 0 Å². The van der Waals surface area contributed by atoms with Crippen LogP contribution in [0.1, 0.15) is 5.56 Å². The highest BCUT2D eigenvalue weighted by molar-refractivity contribution is 5.91. The molecule has 0 saturated heterocycles. The van der Waals surface area contributed by atoms with E-state index in [1.165, 1.54) is 0 Å². The largest absolute Gasteiger partial charge is 0.376 e. The molecule has 0 aliphatic heterocycles. The Kier molecular flexibility index (Phi) is 3.12. The lowest BCUT2D eigenvalue weighted by Crippen LogP contribution is -2.18. The molecule has 1 aromatic carbocycles. The molecule has 0 bridgehead atoms. The molecule has 14 heavy (non-hydrogen) atoms. The van der Waals surface area contributed by atoms with Crippen LogP contribution in [0, 0.1) is 0 Å². The Morgan fingerprint density at radius 1 is 1.07 bits per heavy atom. The van der Waals surface area contributed by atoms with E-state index >= 15 is 0 Å². The van der Waals surface area contributed by atoms with Gasteiger partial charge in [-0.3, -0.25) is 4.79 Å². The second-order valence-corrected chi connectivity index (χ2v) is 3.56. The number of nitrogens with zero attached hydrogens (tertiary/aromatic N) is 2. The molecule has 0 unspecified atom stereocenters. The topological polar surface area (TPSA) is 23.6 Å². The molecule has 0 heterocycles. The third kappa shape index (κ3) is 1.87. The summed E-state index contributed by atoms with van der Waals surface area (Å²) in [6, 6.07) is 5.62. The van der Waals surface area contributed by atoms with Gasteiger partial charge in [-0.2, -0.15) is 0 Å². The van der Waals surface area contributed by atoms with Crippen molar-refractivity contribution in [2.75, 3.05) is 38.0 Å². The first-order valence-electron chi connectivity index (χ1n) is 4.43. The molecule has 1 radical (unpaired) electrons. The van der Waals surface area contributed by atoms with Crippen LogP contribution in [0.25, 0.3) is 0 Å². The number of para-hydroxylation sites is 1. The Morgan fingerprint density at radius 2 is 1.71 bits per heavy atom. The van der Waals surface area contributed by atoms with Gasteiger partial charge >= 0.3 is 0 Å². The fourth-order valence-corrected chi connectivity index (χ4v) is 1.44. The summed E-state index contributed by atoms with van der Waals surface area (Å²) in [7, 11) is 7.75. The van der Waals surface area contributed by atoms with E-state index in [1.54, 1.807) is 6.07 Å². The third-order valence-electron chi connectivity index (χ3n) is 2.05. The first-order chi connectivity index (χ1) is 6.57. The van der Waals surface area contributed by atoms with Crippen molar-refractivity contribution in [2.45, 2.75) is 0 Å². The molecule has 0 amide bonds. The number of hydrogen-bond acceptors (Lipinski definition) is 3. The van der Waals surface area contributed by atoms with Crippen LogP contribution in [-0.4, -0.2) is 34.5 Å². The molecule has 0 N–H and O–H groups in total. The highest BCUT2D eigenvalue weighted by atomic mass is 16.1. The summed E-state index contributed by atoms with van der Waals surface area (Å²) in [5.74, 6) is 0. The lowest BCUT2D eigenvalue weighted by molar-refractivity contribution is 0.563. The van der Waals surface area contributed by atoms with Crippen LogP contribution in [0.4, 0.5) is 11.4 Å². The van der Waals surface area contributed by atoms with Gasteiger partial charge in [0.25, 0.3) is 0 Å². The highest BCUT2D eigenvalue weighted by Crippen LogP contribution is 2.29. The van der Waals surface area contributed by atoms with E-state index in [1.807, 2.05) is 56.4 Å². The van der Waals surface area contributed by atoms with Gasteiger partial charge in [0.05, 0.1) is 16.9 Å². The summed E-state index contributed by atoms with van der Waals surface area (Å²) in [4.78, 5) is 14.6. The van der Waals surface area contributed by atoms with Gasteiger partial charge in [-0.15, -0.1) is 0 Å². The Morgan fingerprint density at radius 3 is 2.14 bits per heavy atom. The Labute approximate surface area is 84.9 Å². The molecule has 1 aromatic rings. The number of anilines is 2. The maximum Gasteiger partial charge on any atom is 0.235 e. The SMILES string of the molecule is CN(C)c1cccc([C]=O)c1N(C)C. The van der Waals surface area contributed by atoms with Crippen molar-refractivity contribution in [1.29, 1.82) is 0 Å². The van der Waals surface area contributed by atoms with Crippen LogP contribution in [0.15, 0.2) is 18.2 Å². The molecule has 0 saturated carbocycles. The zero-order valence-corrected chi connectivity index (χ0v) is 9.03. The molecule has 1 rings (SSSR count). The fourth-order valence-electron chi connectivity index (χ4n) is 1.44. The zero-order chi connectivity index (χ0) is 10.7. The van der Waals surface area contributed by atoms with Crippen molar-refractivity contribution in [3.8, 4) is 0 Å². The summed E-state index contributed by atoms with van der Waals surface area (Å²) in [5.41, 5.74) is 2.53. The number of benzene rings is 1. The van der Waals surface area contributed by atoms with Crippen molar-refractivity contribution in [2.24, 2.45) is 0 Å². The summed E-state index contributed by atoms with van der Waals surface area (Å²) in [6.45, 7) is 0. The predicted molar refractivity (Wildman–Crippen MR) is 59.9 cm³/mol. The van der Waals surface area contributed by atoms with Crippen molar-refractivity contribution in [3.05, 3.63) is 23.8 Å². The van der Waals surface area contributed by atoms with Gasteiger partial charge in [-0.05, 0) is 12.1 Å². The molecular weight excluding hydrogens is 176 g/mol. The average Bonchev–Trinajstić information content (AvgIpc) is 2.16. The predicted octanol–water partition coefficient (Wildman–Crippen LogP) is 1.28. The summed E-state index contributed by atoms with van der Waals surface area (Å²) in [6.07, 6.45) is 1.95. The second-order valence-electron chi connectivity index (χ2n) is 3.56. The van der Waals surface area contributed by atoms with Gasteiger partial charge < -0.3 is 9.80 Å². The van der Waals surface area contributed by atoms with Crippen molar-refractivity contribution < 1.29 is 4.79 Å². The van der Waals surface area contributed by atoms with Crippen molar-refractivity contribution >= 4 is 17.7 Å². The van der Waals surface area contributed by atoms with Crippen LogP contribution < -0.4 is 9.80 Å². The van der Waals surface area contributed by atoms with Crippen LogP contribution in [-0.2, 0) is 4.79 Å². The highest BCUT2D eigenvalue weighted by Gasteiger charge is 2.11. The fraction of sp³-hybridized carbons (Fsp3) is 0.364. The third-order valence-corrected chi connectivity index (χ3v) is 2.05. The molecule has 3 nitrogen and oxygen atoms in total. The number of carbonyl (C=O) groups excluding carboxylic acids is 1. The average molecular weight is 191 g/mol.